The highest BCUT2D eigenvalue weighted by atomic mass is 79.9. The lowest BCUT2D eigenvalue weighted by atomic mass is 10.0. The number of halogens is 2. The topological polar surface area (TPSA) is 29.3 Å². The molecule has 0 saturated heterocycles. The van der Waals surface area contributed by atoms with Gasteiger partial charge in [0.25, 0.3) is 0 Å². The predicted molar refractivity (Wildman–Crippen MR) is 93.7 cm³/mol. The SMILES string of the molecule is CN(CCc1ccccc1)C(CN)c1ccc(Br)c(Cl)c1. The third-order valence-electron chi connectivity index (χ3n) is 3.68. The van der Waals surface area contributed by atoms with E-state index in [1.54, 1.807) is 0 Å². The average molecular weight is 368 g/mol. The molecule has 0 aliphatic heterocycles. The maximum Gasteiger partial charge on any atom is 0.0551 e. The van der Waals surface area contributed by atoms with Crippen LogP contribution in [0.15, 0.2) is 53.0 Å². The molecule has 0 amide bonds. The maximum atomic E-state index is 6.19. The highest BCUT2D eigenvalue weighted by Gasteiger charge is 2.16. The first-order valence-electron chi connectivity index (χ1n) is 7.01. The number of rotatable bonds is 6. The summed E-state index contributed by atoms with van der Waals surface area (Å²) in [6, 6.07) is 16.7. The van der Waals surface area contributed by atoms with Gasteiger partial charge in [-0.2, -0.15) is 0 Å². The second-order valence-electron chi connectivity index (χ2n) is 5.14. The first-order chi connectivity index (χ1) is 10.1. The van der Waals surface area contributed by atoms with Crippen molar-refractivity contribution in [3.63, 3.8) is 0 Å². The standard InChI is InChI=1S/C17H20BrClN2/c1-21(10-9-13-5-3-2-4-6-13)17(12-20)14-7-8-15(18)16(19)11-14/h2-8,11,17H,9-10,12,20H2,1H3. The average Bonchev–Trinajstić information content (AvgIpc) is 2.50. The third-order valence-corrected chi connectivity index (χ3v) is 4.91. The first kappa shape index (κ1) is 16.5. The van der Waals surface area contributed by atoms with E-state index in [1.807, 2.05) is 18.2 Å². The van der Waals surface area contributed by atoms with Crippen LogP contribution < -0.4 is 5.73 Å². The number of benzene rings is 2. The molecule has 2 aromatic carbocycles. The normalized spacial score (nSPS) is 12.6. The third kappa shape index (κ3) is 4.55. The second kappa shape index (κ2) is 7.95. The molecule has 112 valence electrons. The van der Waals surface area contributed by atoms with E-state index in [2.05, 4.69) is 58.2 Å². The van der Waals surface area contributed by atoms with E-state index in [0.717, 1.165) is 28.0 Å². The van der Waals surface area contributed by atoms with Crippen molar-refractivity contribution < 1.29 is 0 Å². The zero-order valence-corrected chi connectivity index (χ0v) is 14.4. The molecule has 0 bridgehead atoms. The summed E-state index contributed by atoms with van der Waals surface area (Å²) in [5, 5.41) is 0.724. The second-order valence-corrected chi connectivity index (χ2v) is 6.40. The van der Waals surface area contributed by atoms with Crippen molar-refractivity contribution >= 4 is 27.5 Å². The molecule has 21 heavy (non-hydrogen) atoms. The van der Waals surface area contributed by atoms with Gasteiger partial charge in [-0.25, -0.2) is 0 Å². The van der Waals surface area contributed by atoms with Crippen LogP contribution in [0.25, 0.3) is 0 Å². The minimum atomic E-state index is 0.180. The minimum absolute atomic E-state index is 0.180. The molecule has 2 aromatic rings. The Bertz CT molecular complexity index is 574. The van der Waals surface area contributed by atoms with Gasteiger partial charge >= 0.3 is 0 Å². The largest absolute Gasteiger partial charge is 0.329 e. The van der Waals surface area contributed by atoms with Crippen molar-refractivity contribution in [1.82, 2.24) is 4.90 Å². The van der Waals surface area contributed by atoms with Crippen molar-refractivity contribution in [3.05, 3.63) is 69.2 Å². The van der Waals surface area contributed by atoms with E-state index in [4.69, 9.17) is 17.3 Å². The van der Waals surface area contributed by atoms with Gasteiger partial charge in [-0.3, -0.25) is 4.90 Å². The summed E-state index contributed by atoms with van der Waals surface area (Å²) >= 11 is 9.61. The Morgan fingerprint density at radius 2 is 1.90 bits per heavy atom. The smallest absolute Gasteiger partial charge is 0.0551 e. The van der Waals surface area contributed by atoms with Crippen LogP contribution in [0.4, 0.5) is 0 Å². The molecular formula is C17H20BrClN2. The summed E-state index contributed by atoms with van der Waals surface area (Å²) < 4.78 is 0.913. The highest BCUT2D eigenvalue weighted by Crippen LogP contribution is 2.27. The molecule has 0 aromatic heterocycles. The van der Waals surface area contributed by atoms with E-state index < -0.39 is 0 Å². The fourth-order valence-electron chi connectivity index (χ4n) is 2.40. The lowest BCUT2D eigenvalue weighted by Gasteiger charge is -2.27. The van der Waals surface area contributed by atoms with E-state index in [-0.39, 0.29) is 6.04 Å². The van der Waals surface area contributed by atoms with E-state index in [1.165, 1.54) is 5.56 Å². The number of hydrogen-bond donors (Lipinski definition) is 1. The van der Waals surface area contributed by atoms with Crippen molar-refractivity contribution in [2.45, 2.75) is 12.5 Å². The van der Waals surface area contributed by atoms with Crippen LogP contribution in [0.3, 0.4) is 0 Å². The van der Waals surface area contributed by atoms with Gasteiger partial charge in [-0.05, 0) is 52.7 Å². The predicted octanol–water partition coefficient (Wildman–Crippen LogP) is 4.28. The van der Waals surface area contributed by atoms with Crippen LogP contribution in [0.2, 0.25) is 5.02 Å². The zero-order chi connectivity index (χ0) is 15.2. The summed E-state index contributed by atoms with van der Waals surface area (Å²) in [7, 11) is 2.11. The lowest BCUT2D eigenvalue weighted by Crippen LogP contribution is -2.32. The Kier molecular flexibility index (Phi) is 6.24. The minimum Gasteiger partial charge on any atom is -0.329 e. The van der Waals surface area contributed by atoms with Gasteiger partial charge in [0.2, 0.25) is 0 Å². The Morgan fingerprint density at radius 3 is 2.52 bits per heavy atom. The summed E-state index contributed by atoms with van der Waals surface area (Å²) in [6.07, 6.45) is 1.01. The van der Waals surface area contributed by atoms with E-state index in [0.29, 0.717) is 6.54 Å². The number of hydrogen-bond acceptors (Lipinski definition) is 2. The van der Waals surface area contributed by atoms with Crippen LogP contribution in [0.1, 0.15) is 17.2 Å². The van der Waals surface area contributed by atoms with Crippen LogP contribution in [-0.2, 0) is 6.42 Å². The van der Waals surface area contributed by atoms with Crippen LogP contribution in [0, 0.1) is 0 Å². The summed E-state index contributed by atoms with van der Waals surface area (Å²) in [5.74, 6) is 0. The van der Waals surface area contributed by atoms with Crippen LogP contribution >= 0.6 is 27.5 Å². The Labute approximate surface area is 140 Å². The van der Waals surface area contributed by atoms with Crippen molar-refractivity contribution in [3.8, 4) is 0 Å². The molecule has 0 saturated carbocycles. The quantitative estimate of drug-likeness (QED) is 0.826. The summed E-state index contributed by atoms with van der Waals surface area (Å²) in [5.41, 5.74) is 8.46. The number of nitrogens with two attached hydrogens (primary N) is 1. The van der Waals surface area contributed by atoms with Gasteiger partial charge in [-0.15, -0.1) is 0 Å². The van der Waals surface area contributed by atoms with E-state index in [9.17, 15) is 0 Å². The summed E-state index contributed by atoms with van der Waals surface area (Å²) in [6.45, 7) is 1.53. The molecule has 2 N–H and O–H groups in total. The van der Waals surface area contributed by atoms with Gasteiger partial charge in [0, 0.05) is 23.6 Å². The van der Waals surface area contributed by atoms with Gasteiger partial charge in [-0.1, -0.05) is 48.0 Å². The van der Waals surface area contributed by atoms with Gasteiger partial charge < -0.3 is 5.73 Å². The molecule has 0 aliphatic rings. The molecule has 0 fully saturated rings. The molecule has 4 heteroatoms. The van der Waals surface area contributed by atoms with Crippen molar-refractivity contribution in [1.29, 1.82) is 0 Å². The highest BCUT2D eigenvalue weighted by molar-refractivity contribution is 9.10. The van der Waals surface area contributed by atoms with Crippen molar-refractivity contribution in [2.24, 2.45) is 5.73 Å². The molecule has 2 rings (SSSR count). The molecule has 2 nitrogen and oxygen atoms in total. The fraction of sp³-hybridized carbons (Fsp3) is 0.294. The van der Waals surface area contributed by atoms with Gasteiger partial charge in [0.1, 0.15) is 0 Å². The maximum absolute atomic E-state index is 6.19. The molecule has 1 unspecified atom stereocenters. The zero-order valence-electron chi connectivity index (χ0n) is 12.1. The Balaban J connectivity index is 2.04. The van der Waals surface area contributed by atoms with Crippen LogP contribution in [-0.4, -0.2) is 25.0 Å². The fourth-order valence-corrected chi connectivity index (χ4v) is 2.83. The molecular weight excluding hydrogens is 348 g/mol. The number of likely N-dealkylation sites (N-methyl/N-ethyl adjacent to an activating group) is 1. The molecule has 0 heterocycles. The van der Waals surface area contributed by atoms with Gasteiger partial charge in [0.05, 0.1) is 5.02 Å². The first-order valence-corrected chi connectivity index (χ1v) is 8.18. The number of nitrogens with zero attached hydrogens (tertiary/aromatic N) is 1. The van der Waals surface area contributed by atoms with Gasteiger partial charge in [0.15, 0.2) is 0 Å². The molecule has 0 radical (unpaired) electrons. The van der Waals surface area contributed by atoms with E-state index >= 15 is 0 Å². The molecule has 1 atom stereocenters. The lowest BCUT2D eigenvalue weighted by molar-refractivity contribution is 0.253. The molecule has 0 spiro atoms. The monoisotopic (exact) mass is 366 g/mol. The van der Waals surface area contributed by atoms with Crippen LogP contribution in [0.5, 0.6) is 0 Å². The summed E-state index contributed by atoms with van der Waals surface area (Å²) in [4.78, 5) is 2.28. The van der Waals surface area contributed by atoms with Crippen molar-refractivity contribution in [2.75, 3.05) is 20.1 Å². The Hall–Kier alpha value is -0.870. The molecule has 0 aliphatic carbocycles. The Morgan fingerprint density at radius 1 is 1.19 bits per heavy atom.